The van der Waals surface area contributed by atoms with Crippen molar-refractivity contribution in [3.63, 3.8) is 0 Å². The van der Waals surface area contributed by atoms with E-state index in [4.69, 9.17) is 4.84 Å². The summed E-state index contributed by atoms with van der Waals surface area (Å²) in [5, 5.41) is 0. The van der Waals surface area contributed by atoms with E-state index >= 15 is 0 Å². The first kappa shape index (κ1) is 5.23. The van der Waals surface area contributed by atoms with Gasteiger partial charge in [0.2, 0.25) is 0 Å². The Morgan fingerprint density at radius 3 is 2.89 bits per heavy atom. The standard InChI is InChI=1S/C6H10N2O/c1-4-7-6(9-8-4)5-2-3-5/h5-6H,2-3H2,1H3,(H,7,8). The van der Waals surface area contributed by atoms with E-state index in [-0.39, 0.29) is 6.23 Å². The van der Waals surface area contributed by atoms with Crippen molar-refractivity contribution in [3.05, 3.63) is 0 Å². The second kappa shape index (κ2) is 1.70. The van der Waals surface area contributed by atoms with Crippen LogP contribution in [0.1, 0.15) is 19.8 Å². The Morgan fingerprint density at radius 1 is 1.67 bits per heavy atom. The fraction of sp³-hybridized carbons (Fsp3) is 0.833. The van der Waals surface area contributed by atoms with Gasteiger partial charge in [-0.3, -0.25) is 5.48 Å². The van der Waals surface area contributed by atoms with Crippen LogP contribution in [0.2, 0.25) is 0 Å². The van der Waals surface area contributed by atoms with Gasteiger partial charge in [0, 0.05) is 5.92 Å². The summed E-state index contributed by atoms with van der Waals surface area (Å²) in [5.41, 5.74) is 2.74. The Morgan fingerprint density at radius 2 is 2.44 bits per heavy atom. The molecule has 0 aromatic heterocycles. The van der Waals surface area contributed by atoms with Crippen LogP contribution in [0.15, 0.2) is 4.99 Å². The second-order valence-corrected chi connectivity index (χ2v) is 2.66. The van der Waals surface area contributed by atoms with Gasteiger partial charge in [-0.25, -0.2) is 9.83 Å². The summed E-state index contributed by atoms with van der Waals surface area (Å²) in [6, 6.07) is 0. The van der Waals surface area contributed by atoms with E-state index in [9.17, 15) is 0 Å². The van der Waals surface area contributed by atoms with Crippen LogP contribution in [0.5, 0.6) is 0 Å². The molecule has 0 aromatic rings. The molecule has 50 valence electrons. The maximum atomic E-state index is 5.14. The predicted molar refractivity (Wildman–Crippen MR) is 33.8 cm³/mol. The highest BCUT2D eigenvalue weighted by molar-refractivity contribution is 5.79. The number of hydrogen-bond acceptors (Lipinski definition) is 3. The topological polar surface area (TPSA) is 33.6 Å². The van der Waals surface area contributed by atoms with Gasteiger partial charge in [-0.05, 0) is 19.8 Å². The van der Waals surface area contributed by atoms with Crippen molar-refractivity contribution < 1.29 is 4.84 Å². The smallest absolute Gasteiger partial charge is 0.179 e. The molecule has 1 heterocycles. The molecule has 1 aliphatic carbocycles. The van der Waals surface area contributed by atoms with Gasteiger partial charge in [0.15, 0.2) is 6.23 Å². The van der Waals surface area contributed by atoms with Crippen molar-refractivity contribution in [1.82, 2.24) is 5.48 Å². The van der Waals surface area contributed by atoms with Crippen LogP contribution in [0, 0.1) is 5.92 Å². The summed E-state index contributed by atoms with van der Waals surface area (Å²) in [4.78, 5) is 9.37. The molecule has 2 rings (SSSR count). The van der Waals surface area contributed by atoms with E-state index in [2.05, 4.69) is 10.5 Å². The lowest BCUT2D eigenvalue weighted by Gasteiger charge is -2.00. The summed E-state index contributed by atoms with van der Waals surface area (Å²) < 4.78 is 0. The number of amidine groups is 1. The van der Waals surface area contributed by atoms with Crippen LogP contribution in [-0.2, 0) is 4.84 Å². The van der Waals surface area contributed by atoms with E-state index in [1.54, 1.807) is 0 Å². The van der Waals surface area contributed by atoms with Crippen molar-refractivity contribution in [3.8, 4) is 0 Å². The quantitative estimate of drug-likeness (QED) is 0.560. The molecule has 0 amide bonds. The molecular weight excluding hydrogens is 116 g/mol. The first-order valence-corrected chi connectivity index (χ1v) is 3.32. The molecule has 0 aromatic carbocycles. The Kier molecular flexibility index (Phi) is 0.990. The molecule has 2 aliphatic rings. The van der Waals surface area contributed by atoms with Gasteiger partial charge in [-0.2, -0.15) is 0 Å². The van der Waals surface area contributed by atoms with Crippen LogP contribution in [-0.4, -0.2) is 12.1 Å². The van der Waals surface area contributed by atoms with Crippen molar-refractivity contribution >= 4 is 5.84 Å². The van der Waals surface area contributed by atoms with Crippen molar-refractivity contribution in [2.24, 2.45) is 10.9 Å². The highest BCUT2D eigenvalue weighted by Crippen LogP contribution is 2.35. The van der Waals surface area contributed by atoms with Crippen LogP contribution in [0.4, 0.5) is 0 Å². The minimum Gasteiger partial charge on any atom is -0.251 e. The first-order valence-electron chi connectivity index (χ1n) is 3.32. The van der Waals surface area contributed by atoms with Crippen molar-refractivity contribution in [2.45, 2.75) is 26.0 Å². The molecule has 0 radical (unpaired) electrons. The van der Waals surface area contributed by atoms with Crippen LogP contribution in [0.25, 0.3) is 0 Å². The third kappa shape index (κ3) is 0.920. The largest absolute Gasteiger partial charge is 0.251 e. The molecule has 1 N–H and O–H groups in total. The molecule has 3 heteroatoms. The Labute approximate surface area is 54.1 Å². The Bertz CT molecular complexity index is 151. The highest BCUT2D eigenvalue weighted by Gasteiger charge is 2.34. The van der Waals surface area contributed by atoms with E-state index < -0.39 is 0 Å². The van der Waals surface area contributed by atoms with Crippen molar-refractivity contribution in [1.29, 1.82) is 0 Å². The Balaban J connectivity index is 1.99. The summed E-state index contributed by atoms with van der Waals surface area (Å²) in [6.45, 7) is 1.92. The van der Waals surface area contributed by atoms with E-state index in [1.165, 1.54) is 12.8 Å². The summed E-state index contributed by atoms with van der Waals surface area (Å²) in [5.74, 6) is 1.61. The maximum Gasteiger partial charge on any atom is 0.179 e. The average Bonchev–Trinajstić information content (AvgIpc) is 2.58. The normalized spacial score (nSPS) is 33.9. The minimum atomic E-state index is 0.130. The molecule has 3 nitrogen and oxygen atoms in total. The number of hydroxylamine groups is 1. The molecule has 9 heavy (non-hydrogen) atoms. The summed E-state index contributed by atoms with van der Waals surface area (Å²) in [7, 11) is 0. The zero-order chi connectivity index (χ0) is 6.27. The fourth-order valence-electron chi connectivity index (χ4n) is 0.972. The zero-order valence-electron chi connectivity index (χ0n) is 5.42. The number of rotatable bonds is 1. The molecule has 1 fully saturated rings. The van der Waals surface area contributed by atoms with Gasteiger partial charge < -0.3 is 0 Å². The van der Waals surface area contributed by atoms with Gasteiger partial charge in [-0.15, -0.1) is 0 Å². The maximum absolute atomic E-state index is 5.14. The molecule has 0 saturated heterocycles. The monoisotopic (exact) mass is 126 g/mol. The Hall–Kier alpha value is -0.570. The third-order valence-corrected chi connectivity index (χ3v) is 1.67. The predicted octanol–water partition coefficient (Wildman–Crippen LogP) is 0.676. The first-order chi connectivity index (χ1) is 4.36. The van der Waals surface area contributed by atoms with Gasteiger partial charge in [0.1, 0.15) is 5.84 Å². The minimum absolute atomic E-state index is 0.130. The number of hydrogen-bond donors (Lipinski definition) is 1. The fourth-order valence-corrected chi connectivity index (χ4v) is 0.972. The van der Waals surface area contributed by atoms with E-state index in [0.717, 1.165) is 5.84 Å². The van der Waals surface area contributed by atoms with E-state index in [0.29, 0.717) is 5.92 Å². The molecule has 0 bridgehead atoms. The average molecular weight is 126 g/mol. The lowest BCUT2D eigenvalue weighted by molar-refractivity contribution is 0.0247. The van der Waals surface area contributed by atoms with Gasteiger partial charge in [0.25, 0.3) is 0 Å². The van der Waals surface area contributed by atoms with Crippen LogP contribution < -0.4 is 5.48 Å². The van der Waals surface area contributed by atoms with Crippen molar-refractivity contribution in [2.75, 3.05) is 0 Å². The third-order valence-electron chi connectivity index (χ3n) is 1.67. The van der Waals surface area contributed by atoms with Crippen LogP contribution in [0.3, 0.4) is 0 Å². The van der Waals surface area contributed by atoms with Gasteiger partial charge in [0.05, 0.1) is 0 Å². The number of aliphatic imine (C=N–C) groups is 1. The molecule has 0 spiro atoms. The molecule has 1 aliphatic heterocycles. The lowest BCUT2D eigenvalue weighted by atomic mass is 10.4. The highest BCUT2D eigenvalue weighted by atomic mass is 16.7. The van der Waals surface area contributed by atoms with Crippen LogP contribution >= 0.6 is 0 Å². The zero-order valence-corrected chi connectivity index (χ0v) is 5.42. The molecule has 1 saturated carbocycles. The lowest BCUT2D eigenvalue weighted by Crippen LogP contribution is -2.16. The number of nitrogens with zero attached hydrogens (tertiary/aromatic N) is 1. The van der Waals surface area contributed by atoms with E-state index in [1.807, 2.05) is 6.92 Å². The summed E-state index contributed by atoms with van der Waals surface area (Å²) >= 11 is 0. The SMILES string of the molecule is CC1=NC(C2CC2)ON1. The van der Waals surface area contributed by atoms with Gasteiger partial charge in [-0.1, -0.05) is 0 Å². The summed E-state index contributed by atoms with van der Waals surface area (Å²) in [6.07, 6.45) is 2.69. The molecule has 1 unspecified atom stereocenters. The van der Waals surface area contributed by atoms with Gasteiger partial charge >= 0.3 is 0 Å². The molecular formula is C6H10N2O. The molecule has 1 atom stereocenters. The second-order valence-electron chi connectivity index (χ2n) is 2.66. The number of nitrogens with one attached hydrogen (secondary N) is 1.